The van der Waals surface area contributed by atoms with Crippen LogP contribution in [0.5, 0.6) is 0 Å². The quantitative estimate of drug-likeness (QED) is 0.498. The van der Waals surface area contributed by atoms with Crippen LogP contribution in [0.4, 0.5) is 0 Å². The molecular weight excluding hydrogens is 331 g/mol. The zero-order valence-corrected chi connectivity index (χ0v) is 14.0. The van der Waals surface area contributed by atoms with Gasteiger partial charge in [-0.3, -0.25) is 0 Å². The first-order chi connectivity index (χ1) is 8.45. The first-order valence-corrected chi connectivity index (χ1v) is 7.97. The van der Waals surface area contributed by atoms with Gasteiger partial charge in [0.1, 0.15) is 0 Å². The van der Waals surface area contributed by atoms with E-state index in [-0.39, 0.29) is 0 Å². The molecule has 0 N–H and O–H groups in total. The molecule has 0 aliphatic heterocycles. The predicted molar refractivity (Wildman–Crippen MR) is 88.0 cm³/mol. The zero-order chi connectivity index (χ0) is 13.3. The topological polar surface area (TPSA) is 0 Å². The molecule has 0 amide bonds. The van der Waals surface area contributed by atoms with Crippen LogP contribution in [0, 0.1) is 9.49 Å². The second-order valence-electron chi connectivity index (χ2n) is 6.09. The van der Waals surface area contributed by atoms with Crippen molar-refractivity contribution in [2.75, 3.05) is 0 Å². The Morgan fingerprint density at radius 2 is 2.17 bits per heavy atom. The average Bonchev–Trinajstić information content (AvgIpc) is 2.52. The summed E-state index contributed by atoms with van der Waals surface area (Å²) in [5, 5.41) is 0. The highest BCUT2D eigenvalue weighted by Crippen LogP contribution is 2.45. The smallest absolute Gasteiger partial charge is 0.0133 e. The fraction of sp³-hybridized carbons (Fsp3) is 0.529. The minimum atomic E-state index is 0.319. The van der Waals surface area contributed by atoms with Crippen molar-refractivity contribution in [1.29, 1.82) is 0 Å². The summed E-state index contributed by atoms with van der Waals surface area (Å²) in [6.07, 6.45) is 6.02. The lowest BCUT2D eigenvalue weighted by Gasteiger charge is -2.29. The number of allylic oxidation sites excluding steroid dienone is 2. The number of fused-ring (bicyclic) bond motifs is 1. The second-order valence-corrected chi connectivity index (χ2v) is 7.33. The Bertz CT molecular complexity index is 468. The third-order valence-electron chi connectivity index (χ3n) is 4.37. The summed E-state index contributed by atoms with van der Waals surface area (Å²) in [5.74, 6) is 0.758. The third kappa shape index (κ3) is 2.66. The van der Waals surface area contributed by atoms with Gasteiger partial charge in [0.15, 0.2) is 0 Å². The van der Waals surface area contributed by atoms with E-state index in [0.29, 0.717) is 5.41 Å². The SMILES string of the molecule is CC/C=C(/C)CC1Cc2ccc(I)cc2C1(C)C. The van der Waals surface area contributed by atoms with Gasteiger partial charge in [0.25, 0.3) is 0 Å². The van der Waals surface area contributed by atoms with Crippen LogP contribution in [-0.2, 0) is 11.8 Å². The standard InChI is InChI=1S/C17H23I/c1-5-6-12(2)9-14-10-13-7-8-15(18)11-16(13)17(14,3)4/h6-8,11,14H,5,9-10H2,1-4H3/b12-6-. The summed E-state index contributed by atoms with van der Waals surface area (Å²) < 4.78 is 1.36. The minimum absolute atomic E-state index is 0.319. The molecule has 0 nitrogen and oxygen atoms in total. The summed E-state index contributed by atoms with van der Waals surface area (Å²) >= 11 is 2.42. The van der Waals surface area contributed by atoms with Crippen molar-refractivity contribution in [2.45, 2.75) is 52.4 Å². The van der Waals surface area contributed by atoms with E-state index in [4.69, 9.17) is 0 Å². The van der Waals surface area contributed by atoms with Crippen molar-refractivity contribution >= 4 is 22.6 Å². The van der Waals surface area contributed by atoms with Crippen molar-refractivity contribution in [3.63, 3.8) is 0 Å². The van der Waals surface area contributed by atoms with E-state index < -0.39 is 0 Å². The molecule has 1 aliphatic rings. The lowest BCUT2D eigenvalue weighted by molar-refractivity contribution is 0.346. The lowest BCUT2D eigenvalue weighted by atomic mass is 9.76. The van der Waals surface area contributed by atoms with Gasteiger partial charge in [0, 0.05) is 3.57 Å². The van der Waals surface area contributed by atoms with E-state index in [1.165, 1.54) is 16.4 Å². The molecule has 0 bridgehead atoms. The Kier molecular flexibility index (Phi) is 4.20. The fourth-order valence-corrected chi connectivity index (χ4v) is 3.71. The number of halogens is 1. The Labute approximate surface area is 125 Å². The van der Waals surface area contributed by atoms with Crippen molar-refractivity contribution in [3.8, 4) is 0 Å². The molecule has 1 atom stereocenters. The molecule has 0 saturated carbocycles. The molecule has 0 spiro atoms. The van der Waals surface area contributed by atoms with Gasteiger partial charge in [-0.05, 0) is 83.4 Å². The average molecular weight is 354 g/mol. The van der Waals surface area contributed by atoms with Crippen LogP contribution < -0.4 is 0 Å². The van der Waals surface area contributed by atoms with Crippen molar-refractivity contribution in [1.82, 2.24) is 0 Å². The molecule has 0 fully saturated rings. The zero-order valence-electron chi connectivity index (χ0n) is 11.9. The second kappa shape index (κ2) is 5.36. The molecule has 1 aromatic rings. The molecule has 1 aromatic carbocycles. The molecule has 1 aliphatic carbocycles. The van der Waals surface area contributed by atoms with Gasteiger partial charge in [-0.15, -0.1) is 0 Å². The van der Waals surface area contributed by atoms with Crippen LogP contribution in [0.15, 0.2) is 29.8 Å². The molecular formula is C17H23I. The predicted octanol–water partition coefficient (Wildman–Crippen LogP) is 5.49. The van der Waals surface area contributed by atoms with E-state index in [9.17, 15) is 0 Å². The number of rotatable bonds is 3. The molecule has 0 heterocycles. The van der Waals surface area contributed by atoms with Gasteiger partial charge in [0.2, 0.25) is 0 Å². The molecule has 0 aromatic heterocycles. The van der Waals surface area contributed by atoms with Gasteiger partial charge in [0.05, 0.1) is 0 Å². The molecule has 1 heteroatoms. The molecule has 1 unspecified atom stereocenters. The monoisotopic (exact) mass is 354 g/mol. The maximum Gasteiger partial charge on any atom is 0.0133 e. The first-order valence-electron chi connectivity index (χ1n) is 6.89. The van der Waals surface area contributed by atoms with Gasteiger partial charge in [-0.25, -0.2) is 0 Å². The van der Waals surface area contributed by atoms with Gasteiger partial charge >= 0.3 is 0 Å². The van der Waals surface area contributed by atoms with Crippen molar-refractivity contribution in [2.24, 2.45) is 5.92 Å². The number of hydrogen-bond acceptors (Lipinski definition) is 0. The largest absolute Gasteiger partial charge is 0.0859 e. The van der Waals surface area contributed by atoms with Gasteiger partial charge in [-0.2, -0.15) is 0 Å². The Hall–Kier alpha value is -0.310. The molecule has 18 heavy (non-hydrogen) atoms. The summed E-state index contributed by atoms with van der Waals surface area (Å²) in [6, 6.07) is 6.96. The van der Waals surface area contributed by atoms with Gasteiger partial charge in [-0.1, -0.05) is 38.5 Å². The molecule has 98 valence electrons. The summed E-state index contributed by atoms with van der Waals surface area (Å²) in [5.41, 5.74) is 5.01. The molecule has 2 rings (SSSR count). The first kappa shape index (κ1) is 14.1. The normalized spacial score (nSPS) is 22.1. The van der Waals surface area contributed by atoms with E-state index >= 15 is 0 Å². The highest BCUT2D eigenvalue weighted by molar-refractivity contribution is 14.1. The number of benzene rings is 1. The van der Waals surface area contributed by atoms with E-state index in [1.54, 1.807) is 16.7 Å². The van der Waals surface area contributed by atoms with Crippen molar-refractivity contribution in [3.05, 3.63) is 44.5 Å². The van der Waals surface area contributed by atoms with Crippen LogP contribution >= 0.6 is 22.6 Å². The minimum Gasteiger partial charge on any atom is -0.0859 e. The Balaban J connectivity index is 2.26. The maximum absolute atomic E-state index is 2.42. The summed E-state index contributed by atoms with van der Waals surface area (Å²) in [6.45, 7) is 9.34. The van der Waals surface area contributed by atoms with Crippen LogP contribution in [0.3, 0.4) is 0 Å². The Morgan fingerprint density at radius 1 is 1.44 bits per heavy atom. The van der Waals surface area contributed by atoms with Crippen LogP contribution in [-0.4, -0.2) is 0 Å². The van der Waals surface area contributed by atoms with Crippen LogP contribution in [0.2, 0.25) is 0 Å². The van der Waals surface area contributed by atoms with Crippen molar-refractivity contribution < 1.29 is 0 Å². The number of hydrogen-bond donors (Lipinski definition) is 0. The van der Waals surface area contributed by atoms with Crippen LogP contribution in [0.25, 0.3) is 0 Å². The Morgan fingerprint density at radius 3 is 2.83 bits per heavy atom. The highest BCUT2D eigenvalue weighted by Gasteiger charge is 2.38. The lowest BCUT2D eigenvalue weighted by Crippen LogP contribution is -2.24. The van der Waals surface area contributed by atoms with E-state index in [0.717, 1.165) is 12.3 Å². The van der Waals surface area contributed by atoms with E-state index in [1.807, 2.05) is 0 Å². The molecule has 0 radical (unpaired) electrons. The molecule has 0 saturated heterocycles. The third-order valence-corrected chi connectivity index (χ3v) is 5.04. The summed E-state index contributed by atoms with van der Waals surface area (Å²) in [7, 11) is 0. The maximum atomic E-state index is 2.42. The van der Waals surface area contributed by atoms with Crippen LogP contribution in [0.1, 0.15) is 51.7 Å². The van der Waals surface area contributed by atoms with E-state index in [2.05, 4.69) is 74.6 Å². The van der Waals surface area contributed by atoms with Gasteiger partial charge < -0.3 is 0 Å². The highest BCUT2D eigenvalue weighted by atomic mass is 127. The fourth-order valence-electron chi connectivity index (χ4n) is 3.21. The summed E-state index contributed by atoms with van der Waals surface area (Å²) in [4.78, 5) is 0.